The summed E-state index contributed by atoms with van der Waals surface area (Å²) >= 11 is 3.36. The minimum Gasteiger partial charge on any atom is -0.360 e. The van der Waals surface area contributed by atoms with Crippen molar-refractivity contribution in [2.24, 2.45) is 5.73 Å². The molecule has 0 amide bonds. The lowest BCUT2D eigenvalue weighted by atomic mass is 10.1. The van der Waals surface area contributed by atoms with Crippen LogP contribution in [0.4, 0.5) is 18.9 Å². The van der Waals surface area contributed by atoms with Crippen molar-refractivity contribution in [2.75, 3.05) is 11.4 Å². The number of alkyl halides is 3. The van der Waals surface area contributed by atoms with Crippen molar-refractivity contribution >= 4 is 21.6 Å². The molecule has 0 heterocycles. The van der Waals surface area contributed by atoms with E-state index in [1.165, 1.54) is 4.90 Å². The number of hydrogen-bond donors (Lipinski definition) is 1. The second kappa shape index (κ2) is 6.13. The lowest BCUT2D eigenvalue weighted by molar-refractivity contribution is -0.120. The first-order valence-electron chi connectivity index (χ1n) is 6.00. The van der Waals surface area contributed by atoms with Gasteiger partial charge in [0.15, 0.2) is 0 Å². The fourth-order valence-electron chi connectivity index (χ4n) is 1.83. The Kier molecular flexibility index (Phi) is 5.26. The van der Waals surface area contributed by atoms with Gasteiger partial charge in [0.2, 0.25) is 0 Å². The van der Waals surface area contributed by atoms with Crippen LogP contribution in [0.3, 0.4) is 0 Å². The van der Waals surface area contributed by atoms with Crippen molar-refractivity contribution in [3.8, 4) is 0 Å². The van der Waals surface area contributed by atoms with E-state index in [1.54, 1.807) is 32.0 Å². The van der Waals surface area contributed by atoms with E-state index in [4.69, 9.17) is 5.73 Å². The van der Waals surface area contributed by atoms with Crippen molar-refractivity contribution in [1.29, 1.82) is 0 Å². The predicted octanol–water partition coefficient (Wildman–Crippen LogP) is 4.25. The quantitative estimate of drug-likeness (QED) is 0.889. The minimum absolute atomic E-state index is 0.168. The van der Waals surface area contributed by atoms with E-state index in [-0.39, 0.29) is 12.1 Å². The number of nitrogens with two attached hydrogens (primary N) is 1. The van der Waals surface area contributed by atoms with E-state index in [0.717, 1.165) is 10.0 Å². The molecule has 0 aromatic heterocycles. The number of nitrogens with zero attached hydrogens (tertiary/aromatic N) is 1. The second-order valence-electron chi connectivity index (χ2n) is 4.83. The second-order valence-corrected chi connectivity index (χ2v) is 5.69. The Hall–Kier alpha value is -0.750. The third kappa shape index (κ3) is 4.69. The van der Waals surface area contributed by atoms with Crippen LogP contribution in [0.1, 0.15) is 32.4 Å². The van der Waals surface area contributed by atoms with Gasteiger partial charge in [-0.1, -0.05) is 22.0 Å². The summed E-state index contributed by atoms with van der Waals surface area (Å²) in [4.78, 5) is 1.32. The molecule has 1 atom stereocenters. The van der Waals surface area contributed by atoms with Gasteiger partial charge in [0.1, 0.15) is 6.54 Å². The fraction of sp³-hybridized carbons (Fsp3) is 0.538. The zero-order valence-corrected chi connectivity index (χ0v) is 12.7. The van der Waals surface area contributed by atoms with Gasteiger partial charge >= 0.3 is 6.18 Å². The summed E-state index contributed by atoms with van der Waals surface area (Å²) in [5.41, 5.74) is 7.18. The first-order chi connectivity index (χ1) is 8.61. The molecule has 0 aliphatic rings. The first-order valence-corrected chi connectivity index (χ1v) is 6.79. The SMILES string of the molecule is CC(C)N(CC(F)(F)F)c1ccc([C@H](C)N)c(Br)c1. The largest absolute Gasteiger partial charge is 0.405 e. The van der Waals surface area contributed by atoms with Gasteiger partial charge in [-0.2, -0.15) is 13.2 Å². The van der Waals surface area contributed by atoms with Crippen LogP contribution in [-0.2, 0) is 0 Å². The number of rotatable bonds is 4. The smallest absolute Gasteiger partial charge is 0.360 e. The highest BCUT2D eigenvalue weighted by Gasteiger charge is 2.32. The summed E-state index contributed by atoms with van der Waals surface area (Å²) in [5, 5.41) is 0. The minimum atomic E-state index is -4.23. The summed E-state index contributed by atoms with van der Waals surface area (Å²) in [6, 6.07) is 4.71. The molecule has 0 saturated carbocycles. The maximum Gasteiger partial charge on any atom is 0.405 e. The molecule has 0 radical (unpaired) electrons. The average Bonchev–Trinajstić information content (AvgIpc) is 2.23. The van der Waals surface area contributed by atoms with Crippen LogP contribution in [0.2, 0.25) is 0 Å². The van der Waals surface area contributed by atoms with Crippen LogP contribution < -0.4 is 10.6 Å². The molecule has 0 saturated heterocycles. The van der Waals surface area contributed by atoms with Crippen LogP contribution in [0.25, 0.3) is 0 Å². The number of halogens is 4. The van der Waals surface area contributed by atoms with Gasteiger partial charge in [0.25, 0.3) is 0 Å². The molecule has 19 heavy (non-hydrogen) atoms. The van der Waals surface area contributed by atoms with Gasteiger partial charge in [0.05, 0.1) is 0 Å². The molecule has 6 heteroatoms. The standard InChI is InChI=1S/C13H18BrF3N2/c1-8(2)19(7-13(15,16)17)10-4-5-11(9(3)18)12(14)6-10/h4-6,8-9H,7,18H2,1-3H3/t9-/m0/s1. The zero-order valence-electron chi connectivity index (χ0n) is 11.1. The highest BCUT2D eigenvalue weighted by molar-refractivity contribution is 9.10. The molecular weight excluding hydrogens is 321 g/mol. The van der Waals surface area contributed by atoms with Gasteiger partial charge in [-0.25, -0.2) is 0 Å². The van der Waals surface area contributed by atoms with Crippen LogP contribution in [0.5, 0.6) is 0 Å². The van der Waals surface area contributed by atoms with Crippen molar-refractivity contribution in [1.82, 2.24) is 0 Å². The molecule has 1 aromatic carbocycles. The van der Waals surface area contributed by atoms with Gasteiger partial charge in [-0.3, -0.25) is 0 Å². The third-order valence-electron chi connectivity index (χ3n) is 2.78. The Labute approximate surface area is 119 Å². The van der Waals surface area contributed by atoms with E-state index in [0.29, 0.717) is 5.69 Å². The lowest BCUT2D eigenvalue weighted by Crippen LogP contribution is -2.39. The summed E-state index contributed by atoms with van der Waals surface area (Å²) in [6.45, 7) is 4.34. The van der Waals surface area contributed by atoms with E-state index < -0.39 is 12.7 Å². The maximum atomic E-state index is 12.6. The topological polar surface area (TPSA) is 29.3 Å². The summed E-state index contributed by atoms with van der Waals surface area (Å²) in [5.74, 6) is 0. The molecule has 0 bridgehead atoms. The number of anilines is 1. The Bertz CT molecular complexity index is 430. The van der Waals surface area contributed by atoms with E-state index in [1.807, 2.05) is 6.92 Å². The van der Waals surface area contributed by atoms with Crippen LogP contribution in [0.15, 0.2) is 22.7 Å². The molecule has 1 rings (SSSR count). The zero-order chi connectivity index (χ0) is 14.8. The van der Waals surface area contributed by atoms with Crippen molar-refractivity contribution < 1.29 is 13.2 Å². The van der Waals surface area contributed by atoms with Crippen molar-refractivity contribution in [3.05, 3.63) is 28.2 Å². The molecule has 0 fully saturated rings. The van der Waals surface area contributed by atoms with Crippen molar-refractivity contribution in [2.45, 2.75) is 39.0 Å². The average molecular weight is 339 g/mol. The molecule has 0 spiro atoms. The fourth-order valence-corrected chi connectivity index (χ4v) is 2.56. The Balaban J connectivity index is 3.08. The number of benzene rings is 1. The van der Waals surface area contributed by atoms with E-state index >= 15 is 0 Å². The van der Waals surface area contributed by atoms with Crippen molar-refractivity contribution in [3.63, 3.8) is 0 Å². The van der Waals surface area contributed by atoms with Gasteiger partial charge in [0, 0.05) is 22.2 Å². The first kappa shape index (κ1) is 16.3. The highest BCUT2D eigenvalue weighted by Crippen LogP contribution is 2.30. The summed E-state index contributed by atoms with van der Waals surface area (Å²) in [7, 11) is 0. The van der Waals surface area contributed by atoms with Crippen LogP contribution >= 0.6 is 15.9 Å². The van der Waals surface area contributed by atoms with Gasteiger partial charge < -0.3 is 10.6 Å². The lowest BCUT2D eigenvalue weighted by Gasteiger charge is -2.30. The van der Waals surface area contributed by atoms with Crippen LogP contribution in [-0.4, -0.2) is 18.8 Å². The maximum absolute atomic E-state index is 12.6. The summed E-state index contributed by atoms with van der Waals surface area (Å²) in [6.07, 6.45) is -4.23. The molecule has 0 aliphatic heterocycles. The van der Waals surface area contributed by atoms with Crippen LogP contribution in [0, 0.1) is 0 Å². The monoisotopic (exact) mass is 338 g/mol. The molecule has 2 nitrogen and oxygen atoms in total. The molecular formula is C13H18BrF3N2. The van der Waals surface area contributed by atoms with Gasteiger partial charge in [-0.15, -0.1) is 0 Å². The molecule has 0 unspecified atom stereocenters. The Morgan fingerprint density at radius 1 is 1.26 bits per heavy atom. The van der Waals surface area contributed by atoms with E-state index in [9.17, 15) is 13.2 Å². The molecule has 1 aromatic rings. The molecule has 0 aliphatic carbocycles. The summed E-state index contributed by atoms with van der Waals surface area (Å²) < 4.78 is 38.5. The molecule has 2 N–H and O–H groups in total. The Morgan fingerprint density at radius 3 is 2.21 bits per heavy atom. The highest BCUT2D eigenvalue weighted by atomic mass is 79.9. The van der Waals surface area contributed by atoms with Gasteiger partial charge in [-0.05, 0) is 38.5 Å². The third-order valence-corrected chi connectivity index (χ3v) is 3.47. The molecule has 108 valence electrons. The number of hydrogen-bond acceptors (Lipinski definition) is 2. The normalized spacial score (nSPS) is 13.7. The van der Waals surface area contributed by atoms with E-state index in [2.05, 4.69) is 15.9 Å². The Morgan fingerprint density at radius 2 is 1.84 bits per heavy atom. The predicted molar refractivity (Wildman–Crippen MR) is 75.3 cm³/mol.